The molecule has 28 heavy (non-hydrogen) atoms. The molecule has 7 heteroatoms. The predicted octanol–water partition coefficient (Wildman–Crippen LogP) is 5.21. The van der Waals surface area contributed by atoms with Gasteiger partial charge in [0.05, 0.1) is 16.9 Å². The lowest BCUT2D eigenvalue weighted by atomic mass is 9.68. The Bertz CT molecular complexity index is 815. The average molecular weight is 447 g/mol. The lowest BCUT2D eigenvalue weighted by Crippen LogP contribution is -2.42. The van der Waals surface area contributed by atoms with Crippen molar-refractivity contribution in [2.75, 3.05) is 17.3 Å². The summed E-state index contributed by atoms with van der Waals surface area (Å²) in [6.45, 7) is 0.578. The van der Waals surface area contributed by atoms with Crippen molar-refractivity contribution in [2.45, 2.75) is 37.5 Å². The maximum Gasteiger partial charge on any atom is 0.269 e. The molecule has 2 aromatic carbocycles. The zero-order valence-corrected chi connectivity index (χ0v) is 17.1. The van der Waals surface area contributed by atoms with Crippen LogP contribution in [0.25, 0.3) is 0 Å². The minimum atomic E-state index is -0.654. The smallest absolute Gasteiger partial charge is 0.269 e. The number of ether oxygens (including phenoxy) is 1. The fourth-order valence-electron chi connectivity index (χ4n) is 3.75. The Labute approximate surface area is 172 Å². The highest BCUT2D eigenvalue weighted by Crippen LogP contribution is 2.41. The third-order valence-electron chi connectivity index (χ3n) is 5.23. The van der Waals surface area contributed by atoms with Crippen LogP contribution in [-0.4, -0.2) is 22.8 Å². The van der Waals surface area contributed by atoms with Crippen molar-refractivity contribution >= 4 is 33.2 Å². The Morgan fingerprint density at radius 3 is 2.29 bits per heavy atom. The molecule has 0 spiro atoms. The Hall–Kier alpha value is -2.41. The van der Waals surface area contributed by atoms with E-state index in [0.717, 1.165) is 48.7 Å². The number of nitro benzene ring substituents is 1. The van der Waals surface area contributed by atoms with Crippen molar-refractivity contribution in [2.24, 2.45) is 0 Å². The number of nitrogens with zero attached hydrogens (tertiary/aromatic N) is 1. The van der Waals surface area contributed by atoms with Crippen LogP contribution < -0.4 is 10.1 Å². The van der Waals surface area contributed by atoms with Gasteiger partial charge >= 0.3 is 0 Å². The Balaban J connectivity index is 1.80. The number of non-ortho nitro benzene ring substituents is 1. The molecule has 0 aromatic heterocycles. The number of amides is 1. The Kier molecular flexibility index (Phi) is 6.67. The maximum atomic E-state index is 13.3. The van der Waals surface area contributed by atoms with E-state index in [4.69, 9.17) is 4.74 Å². The maximum absolute atomic E-state index is 13.3. The summed E-state index contributed by atoms with van der Waals surface area (Å²) in [5, 5.41) is 14.7. The summed E-state index contributed by atoms with van der Waals surface area (Å²) >= 11 is 3.32. The summed E-state index contributed by atoms with van der Waals surface area (Å²) in [5.41, 5.74) is 0.934. The summed E-state index contributed by atoms with van der Waals surface area (Å²) < 4.78 is 5.54. The lowest BCUT2D eigenvalue weighted by Gasteiger charge is -2.36. The molecule has 0 radical (unpaired) electrons. The van der Waals surface area contributed by atoms with Crippen molar-refractivity contribution in [3.63, 3.8) is 0 Å². The fourth-order valence-corrected chi connectivity index (χ4v) is 3.91. The molecule has 0 bridgehead atoms. The summed E-state index contributed by atoms with van der Waals surface area (Å²) in [5.74, 6) is 0.690. The second kappa shape index (κ2) is 9.19. The molecule has 2 aromatic rings. The summed E-state index contributed by atoms with van der Waals surface area (Å²) in [4.78, 5) is 23.8. The molecule has 1 fully saturated rings. The van der Waals surface area contributed by atoms with Crippen molar-refractivity contribution < 1.29 is 14.5 Å². The molecule has 6 nitrogen and oxygen atoms in total. The van der Waals surface area contributed by atoms with Gasteiger partial charge in [0.25, 0.3) is 5.69 Å². The van der Waals surface area contributed by atoms with Gasteiger partial charge < -0.3 is 10.1 Å². The van der Waals surface area contributed by atoms with Crippen LogP contribution in [0, 0.1) is 10.1 Å². The van der Waals surface area contributed by atoms with E-state index in [1.54, 1.807) is 12.1 Å². The summed E-state index contributed by atoms with van der Waals surface area (Å²) in [6.07, 6.45) is 4.50. The normalized spacial score (nSPS) is 15.6. The first-order chi connectivity index (χ1) is 13.5. The number of rotatable bonds is 7. The Morgan fingerprint density at radius 1 is 1.07 bits per heavy atom. The van der Waals surface area contributed by atoms with Crippen LogP contribution in [0.15, 0.2) is 48.5 Å². The highest BCUT2D eigenvalue weighted by atomic mass is 79.9. The molecular formula is C21H23BrN2O4. The topological polar surface area (TPSA) is 81.5 Å². The van der Waals surface area contributed by atoms with E-state index >= 15 is 0 Å². The molecule has 1 aliphatic carbocycles. The SMILES string of the molecule is O=C(Nc1ccc(OCCBr)cc1)C1(c2ccc([N+](=O)[O-])cc2)CCCCC1. The number of halogens is 1. The van der Waals surface area contributed by atoms with Crippen LogP contribution in [0.2, 0.25) is 0 Å². The monoisotopic (exact) mass is 446 g/mol. The minimum absolute atomic E-state index is 0.0363. The molecule has 3 rings (SSSR count). The van der Waals surface area contributed by atoms with Crippen molar-refractivity contribution in [1.29, 1.82) is 0 Å². The third kappa shape index (κ3) is 4.52. The molecule has 0 saturated heterocycles. The predicted molar refractivity (Wildman–Crippen MR) is 112 cm³/mol. The van der Waals surface area contributed by atoms with E-state index in [1.165, 1.54) is 12.1 Å². The lowest BCUT2D eigenvalue weighted by molar-refractivity contribution is -0.384. The third-order valence-corrected chi connectivity index (χ3v) is 5.55. The first-order valence-electron chi connectivity index (χ1n) is 9.40. The van der Waals surface area contributed by atoms with Gasteiger partial charge in [-0.05, 0) is 42.7 Å². The molecule has 148 valence electrons. The van der Waals surface area contributed by atoms with Crippen LogP contribution in [0.1, 0.15) is 37.7 Å². The van der Waals surface area contributed by atoms with E-state index in [-0.39, 0.29) is 11.6 Å². The zero-order chi connectivity index (χ0) is 20.0. The number of hydrogen-bond donors (Lipinski definition) is 1. The number of hydrogen-bond acceptors (Lipinski definition) is 4. The molecule has 0 atom stereocenters. The van der Waals surface area contributed by atoms with E-state index in [1.807, 2.05) is 24.3 Å². The number of nitrogens with one attached hydrogen (secondary N) is 1. The van der Waals surface area contributed by atoms with Crippen LogP contribution in [0.4, 0.5) is 11.4 Å². The highest BCUT2D eigenvalue weighted by molar-refractivity contribution is 9.09. The van der Waals surface area contributed by atoms with Gasteiger partial charge in [-0.2, -0.15) is 0 Å². The van der Waals surface area contributed by atoms with Crippen molar-refractivity contribution in [3.8, 4) is 5.75 Å². The van der Waals surface area contributed by atoms with Crippen LogP contribution >= 0.6 is 15.9 Å². The molecule has 1 saturated carbocycles. The van der Waals surface area contributed by atoms with E-state index in [2.05, 4.69) is 21.2 Å². The van der Waals surface area contributed by atoms with E-state index in [9.17, 15) is 14.9 Å². The van der Waals surface area contributed by atoms with Gasteiger partial charge in [-0.15, -0.1) is 0 Å². The van der Waals surface area contributed by atoms with Crippen LogP contribution in [-0.2, 0) is 10.2 Å². The Morgan fingerprint density at radius 2 is 1.71 bits per heavy atom. The highest BCUT2D eigenvalue weighted by Gasteiger charge is 2.41. The van der Waals surface area contributed by atoms with Gasteiger partial charge in [-0.3, -0.25) is 14.9 Å². The van der Waals surface area contributed by atoms with Gasteiger partial charge in [-0.25, -0.2) is 0 Å². The molecule has 1 aliphatic rings. The number of anilines is 1. The zero-order valence-electron chi connectivity index (χ0n) is 15.5. The first-order valence-corrected chi connectivity index (χ1v) is 10.5. The quantitative estimate of drug-likeness (QED) is 0.359. The van der Waals surface area contributed by atoms with Crippen LogP contribution in [0.5, 0.6) is 5.75 Å². The standard InChI is InChI=1S/C21H23BrN2O4/c22-14-15-28-19-10-6-17(7-11-19)23-20(25)21(12-2-1-3-13-21)16-4-8-18(9-5-16)24(26)27/h4-11H,1-3,12-15H2,(H,23,25). The molecule has 0 aliphatic heterocycles. The minimum Gasteiger partial charge on any atom is -0.493 e. The van der Waals surface area contributed by atoms with Gasteiger partial charge in [0.15, 0.2) is 0 Å². The first kappa shape index (κ1) is 20.3. The molecule has 1 N–H and O–H groups in total. The van der Waals surface area contributed by atoms with Gasteiger partial charge in [0.1, 0.15) is 5.75 Å². The van der Waals surface area contributed by atoms with Gasteiger partial charge in [-0.1, -0.05) is 47.3 Å². The molecule has 1 amide bonds. The van der Waals surface area contributed by atoms with E-state index < -0.39 is 10.3 Å². The van der Waals surface area contributed by atoms with E-state index in [0.29, 0.717) is 12.3 Å². The fraction of sp³-hybridized carbons (Fsp3) is 0.381. The molecular weight excluding hydrogens is 424 g/mol. The van der Waals surface area contributed by atoms with Crippen molar-refractivity contribution in [1.82, 2.24) is 0 Å². The number of carbonyl (C=O) groups excluding carboxylic acids is 1. The number of alkyl halides is 1. The summed E-state index contributed by atoms with van der Waals surface area (Å²) in [6, 6.07) is 13.7. The summed E-state index contributed by atoms with van der Waals surface area (Å²) in [7, 11) is 0. The largest absolute Gasteiger partial charge is 0.493 e. The van der Waals surface area contributed by atoms with Gasteiger partial charge in [0, 0.05) is 23.2 Å². The van der Waals surface area contributed by atoms with Gasteiger partial charge in [0.2, 0.25) is 5.91 Å². The number of benzene rings is 2. The van der Waals surface area contributed by atoms with Crippen LogP contribution in [0.3, 0.4) is 0 Å². The molecule has 0 heterocycles. The average Bonchev–Trinajstić information content (AvgIpc) is 2.73. The van der Waals surface area contributed by atoms with Crippen molar-refractivity contribution in [3.05, 3.63) is 64.2 Å². The number of carbonyl (C=O) groups is 1. The molecule has 0 unspecified atom stereocenters. The second-order valence-electron chi connectivity index (χ2n) is 6.96. The second-order valence-corrected chi connectivity index (χ2v) is 7.76. The number of nitro groups is 1.